The largest absolute Gasteiger partial charge is 0.496 e. The molecule has 0 fully saturated rings. The van der Waals surface area contributed by atoms with E-state index < -0.39 is 10.0 Å². The predicted octanol–water partition coefficient (Wildman–Crippen LogP) is 4.40. The zero-order chi connectivity index (χ0) is 17.9. The molecule has 0 N–H and O–H groups in total. The summed E-state index contributed by atoms with van der Waals surface area (Å²) in [4.78, 5) is 0.233. The number of halogens is 1. The molecule has 0 radical (unpaired) electrons. The normalized spacial score (nSPS) is 12.0. The molecule has 0 aliphatic carbocycles. The van der Waals surface area contributed by atoms with E-state index in [1.807, 2.05) is 24.3 Å². The van der Waals surface area contributed by atoms with Gasteiger partial charge in [-0.25, -0.2) is 8.42 Å². The highest BCUT2D eigenvalue weighted by Gasteiger charge is 2.22. The van der Waals surface area contributed by atoms with Crippen LogP contribution in [0.25, 0.3) is 0 Å². The highest BCUT2D eigenvalue weighted by Crippen LogP contribution is 2.29. The molecule has 24 heavy (non-hydrogen) atoms. The van der Waals surface area contributed by atoms with Gasteiger partial charge in [0.15, 0.2) is 0 Å². The second-order valence-corrected chi connectivity index (χ2v) is 8.85. The quantitative estimate of drug-likeness (QED) is 0.707. The number of ether oxygens (including phenoxy) is 1. The second kappa shape index (κ2) is 7.68. The van der Waals surface area contributed by atoms with Gasteiger partial charge in [0, 0.05) is 13.6 Å². The van der Waals surface area contributed by atoms with Gasteiger partial charge in [0.25, 0.3) is 0 Å². The molecule has 2 aromatic rings. The van der Waals surface area contributed by atoms with E-state index in [9.17, 15) is 8.42 Å². The summed E-state index contributed by atoms with van der Waals surface area (Å²) in [6.45, 7) is 4.59. The lowest BCUT2D eigenvalue weighted by Crippen LogP contribution is -2.26. The summed E-state index contributed by atoms with van der Waals surface area (Å²) in [5.41, 5.74) is 2.20. The number of sulfonamides is 1. The van der Waals surface area contributed by atoms with Gasteiger partial charge < -0.3 is 4.74 Å². The number of rotatable bonds is 6. The molecule has 0 aliphatic heterocycles. The van der Waals surface area contributed by atoms with Gasteiger partial charge in [0.05, 0.1) is 16.5 Å². The molecular formula is C18H22BrNO3S. The van der Waals surface area contributed by atoms with Crippen molar-refractivity contribution in [1.82, 2.24) is 4.31 Å². The molecule has 0 aliphatic rings. The second-order valence-electron chi connectivity index (χ2n) is 5.95. The van der Waals surface area contributed by atoms with Crippen molar-refractivity contribution in [3.8, 4) is 5.75 Å². The Morgan fingerprint density at radius 3 is 2.25 bits per heavy atom. The summed E-state index contributed by atoms with van der Waals surface area (Å²) in [6.07, 6.45) is 0. The van der Waals surface area contributed by atoms with Crippen molar-refractivity contribution in [2.24, 2.45) is 0 Å². The minimum Gasteiger partial charge on any atom is -0.496 e. The highest BCUT2D eigenvalue weighted by molar-refractivity contribution is 9.10. The SMILES string of the molecule is COc1ccc(S(=O)(=O)N(C)Cc2ccc(C(C)C)cc2)cc1Br. The van der Waals surface area contributed by atoms with E-state index in [1.54, 1.807) is 32.4 Å². The van der Waals surface area contributed by atoms with Crippen LogP contribution >= 0.6 is 15.9 Å². The third-order valence-electron chi connectivity index (χ3n) is 3.88. The van der Waals surface area contributed by atoms with Gasteiger partial charge in [-0.1, -0.05) is 38.1 Å². The van der Waals surface area contributed by atoms with Crippen LogP contribution in [0.1, 0.15) is 30.9 Å². The molecule has 0 aromatic heterocycles. The summed E-state index contributed by atoms with van der Waals surface area (Å²) >= 11 is 3.33. The van der Waals surface area contributed by atoms with Gasteiger partial charge in [0.1, 0.15) is 5.75 Å². The molecule has 2 rings (SSSR count). The van der Waals surface area contributed by atoms with E-state index in [0.717, 1.165) is 5.56 Å². The van der Waals surface area contributed by atoms with Crippen molar-refractivity contribution >= 4 is 26.0 Å². The minimum atomic E-state index is -3.56. The van der Waals surface area contributed by atoms with Crippen molar-refractivity contribution in [1.29, 1.82) is 0 Å². The molecule has 0 unspecified atom stereocenters. The maximum atomic E-state index is 12.7. The lowest BCUT2D eigenvalue weighted by molar-refractivity contribution is 0.411. The van der Waals surface area contributed by atoms with Crippen LogP contribution in [0.15, 0.2) is 51.8 Å². The van der Waals surface area contributed by atoms with Crippen LogP contribution in [-0.4, -0.2) is 26.9 Å². The van der Waals surface area contributed by atoms with Crippen LogP contribution in [-0.2, 0) is 16.6 Å². The van der Waals surface area contributed by atoms with Gasteiger partial charge in [-0.3, -0.25) is 0 Å². The zero-order valence-electron chi connectivity index (χ0n) is 14.3. The maximum absolute atomic E-state index is 12.7. The first kappa shape index (κ1) is 19.0. The van der Waals surface area contributed by atoms with E-state index in [-0.39, 0.29) is 4.90 Å². The van der Waals surface area contributed by atoms with E-state index in [0.29, 0.717) is 22.7 Å². The number of benzene rings is 2. The van der Waals surface area contributed by atoms with Crippen molar-refractivity contribution in [3.05, 3.63) is 58.1 Å². The first-order chi connectivity index (χ1) is 11.3. The third kappa shape index (κ3) is 4.18. The van der Waals surface area contributed by atoms with Crippen LogP contribution in [0.4, 0.5) is 0 Å². The van der Waals surface area contributed by atoms with Gasteiger partial charge in [-0.2, -0.15) is 4.31 Å². The number of hydrogen-bond acceptors (Lipinski definition) is 3. The first-order valence-electron chi connectivity index (χ1n) is 7.64. The van der Waals surface area contributed by atoms with Crippen molar-refractivity contribution in [2.45, 2.75) is 31.2 Å². The molecule has 0 saturated carbocycles. The average molecular weight is 412 g/mol. The lowest BCUT2D eigenvalue weighted by Gasteiger charge is -2.18. The molecule has 0 atom stereocenters. The Balaban J connectivity index is 2.21. The molecule has 2 aromatic carbocycles. The molecule has 0 saturated heterocycles. The van der Waals surface area contributed by atoms with E-state index in [2.05, 4.69) is 29.8 Å². The summed E-state index contributed by atoms with van der Waals surface area (Å²) in [7, 11) is -0.433. The van der Waals surface area contributed by atoms with Crippen LogP contribution in [0, 0.1) is 0 Å². The lowest BCUT2D eigenvalue weighted by atomic mass is 10.0. The first-order valence-corrected chi connectivity index (χ1v) is 9.87. The topological polar surface area (TPSA) is 46.6 Å². The van der Waals surface area contributed by atoms with Crippen LogP contribution in [0.3, 0.4) is 0 Å². The fourth-order valence-electron chi connectivity index (χ4n) is 2.34. The van der Waals surface area contributed by atoms with E-state index >= 15 is 0 Å². The Kier molecular flexibility index (Phi) is 6.06. The van der Waals surface area contributed by atoms with E-state index in [1.165, 1.54) is 9.87 Å². The summed E-state index contributed by atoms with van der Waals surface area (Å²) in [6, 6.07) is 12.8. The molecule has 0 bridgehead atoms. The monoisotopic (exact) mass is 411 g/mol. The van der Waals surface area contributed by atoms with Gasteiger partial charge in [0.2, 0.25) is 10.0 Å². The number of methoxy groups -OCH3 is 1. The van der Waals surface area contributed by atoms with Gasteiger partial charge >= 0.3 is 0 Å². The summed E-state index contributed by atoms with van der Waals surface area (Å²) in [5, 5.41) is 0. The fraction of sp³-hybridized carbons (Fsp3) is 0.333. The molecule has 0 amide bonds. The van der Waals surface area contributed by atoms with Gasteiger partial charge in [-0.05, 0) is 51.2 Å². The standard InChI is InChI=1S/C18H22BrNO3S/c1-13(2)15-7-5-14(6-8-15)12-20(3)24(21,22)16-9-10-18(23-4)17(19)11-16/h5-11,13H,12H2,1-4H3. The summed E-state index contributed by atoms with van der Waals surface area (Å²) < 4.78 is 32.6. The van der Waals surface area contributed by atoms with Crippen LogP contribution < -0.4 is 4.74 Å². The molecule has 0 heterocycles. The number of nitrogens with zero attached hydrogens (tertiary/aromatic N) is 1. The van der Waals surface area contributed by atoms with Crippen molar-refractivity contribution < 1.29 is 13.2 Å². The molecule has 4 nitrogen and oxygen atoms in total. The Morgan fingerprint density at radius 1 is 1.12 bits per heavy atom. The predicted molar refractivity (Wildman–Crippen MR) is 99.9 cm³/mol. The minimum absolute atomic E-state index is 0.233. The molecule has 6 heteroatoms. The molecule has 0 spiro atoms. The molecule has 130 valence electrons. The van der Waals surface area contributed by atoms with E-state index in [4.69, 9.17) is 4.74 Å². The highest BCUT2D eigenvalue weighted by atomic mass is 79.9. The summed E-state index contributed by atoms with van der Waals surface area (Å²) in [5.74, 6) is 1.05. The van der Waals surface area contributed by atoms with Crippen LogP contribution in [0.2, 0.25) is 0 Å². The van der Waals surface area contributed by atoms with Crippen molar-refractivity contribution in [2.75, 3.05) is 14.2 Å². The Bertz CT molecular complexity index is 802. The van der Waals surface area contributed by atoms with Gasteiger partial charge in [-0.15, -0.1) is 0 Å². The fourth-order valence-corrected chi connectivity index (χ4v) is 4.22. The average Bonchev–Trinajstić information content (AvgIpc) is 2.55. The Morgan fingerprint density at radius 2 is 1.75 bits per heavy atom. The zero-order valence-corrected chi connectivity index (χ0v) is 16.7. The van der Waals surface area contributed by atoms with Crippen LogP contribution in [0.5, 0.6) is 5.75 Å². The Hall–Kier alpha value is -1.37. The maximum Gasteiger partial charge on any atom is 0.243 e. The Labute approximate surface area is 152 Å². The molecular weight excluding hydrogens is 390 g/mol. The third-order valence-corrected chi connectivity index (χ3v) is 6.30. The van der Waals surface area contributed by atoms with Crippen molar-refractivity contribution in [3.63, 3.8) is 0 Å². The smallest absolute Gasteiger partial charge is 0.243 e. The number of hydrogen-bond donors (Lipinski definition) is 0.